The van der Waals surface area contributed by atoms with Crippen LogP contribution in [0.1, 0.15) is 54.6 Å². The van der Waals surface area contributed by atoms with E-state index in [0.29, 0.717) is 17.1 Å². The van der Waals surface area contributed by atoms with E-state index in [0.717, 1.165) is 18.4 Å². The Balaban J connectivity index is 1.66. The molecule has 1 saturated carbocycles. The van der Waals surface area contributed by atoms with Crippen LogP contribution in [-0.2, 0) is 10.0 Å². The van der Waals surface area contributed by atoms with Gasteiger partial charge in [-0.15, -0.1) is 6.58 Å². The van der Waals surface area contributed by atoms with Gasteiger partial charge in [-0.2, -0.15) is 0 Å². The summed E-state index contributed by atoms with van der Waals surface area (Å²) >= 11 is 0. The topological polar surface area (TPSA) is 93.7 Å². The Labute approximate surface area is 189 Å². The van der Waals surface area contributed by atoms with Crippen molar-refractivity contribution < 1.29 is 22.7 Å². The number of nitrogens with one attached hydrogen (secondary N) is 2. The van der Waals surface area contributed by atoms with Crippen LogP contribution in [0.25, 0.3) is 0 Å². The molecule has 1 fully saturated rings. The molecule has 0 spiro atoms. The van der Waals surface area contributed by atoms with Crippen LogP contribution in [0.3, 0.4) is 0 Å². The molecular weight excluding hydrogens is 428 g/mol. The van der Waals surface area contributed by atoms with Crippen molar-refractivity contribution in [1.29, 1.82) is 0 Å². The van der Waals surface area contributed by atoms with Crippen molar-refractivity contribution in [2.45, 2.75) is 49.6 Å². The second kappa shape index (κ2) is 10.7. The van der Waals surface area contributed by atoms with E-state index >= 15 is 0 Å². The minimum absolute atomic E-state index is 0.0894. The number of amides is 1. The highest BCUT2D eigenvalue weighted by molar-refractivity contribution is 7.89. The molecule has 2 aromatic carbocycles. The zero-order valence-electron chi connectivity index (χ0n) is 18.5. The van der Waals surface area contributed by atoms with Gasteiger partial charge in [-0.05, 0) is 74.6 Å². The van der Waals surface area contributed by atoms with E-state index in [1.54, 1.807) is 7.11 Å². The Morgan fingerprint density at radius 3 is 2.47 bits per heavy atom. The van der Waals surface area contributed by atoms with Gasteiger partial charge < -0.3 is 14.8 Å². The number of sulfonamides is 1. The van der Waals surface area contributed by atoms with E-state index in [4.69, 9.17) is 9.47 Å². The minimum Gasteiger partial charge on any atom is -0.493 e. The van der Waals surface area contributed by atoms with Gasteiger partial charge in [-0.3, -0.25) is 4.79 Å². The van der Waals surface area contributed by atoms with Crippen LogP contribution in [-0.4, -0.2) is 34.1 Å². The highest BCUT2D eigenvalue weighted by Crippen LogP contribution is 2.33. The van der Waals surface area contributed by atoms with Crippen molar-refractivity contribution in [3.8, 4) is 11.5 Å². The Morgan fingerprint density at radius 2 is 1.84 bits per heavy atom. The lowest BCUT2D eigenvalue weighted by molar-refractivity contribution is 0.0939. The largest absolute Gasteiger partial charge is 0.493 e. The molecule has 0 radical (unpaired) electrons. The van der Waals surface area contributed by atoms with E-state index in [1.807, 2.05) is 25.1 Å². The summed E-state index contributed by atoms with van der Waals surface area (Å²) in [5.74, 6) is 1.05. The minimum atomic E-state index is -3.63. The van der Waals surface area contributed by atoms with Crippen molar-refractivity contribution in [2.75, 3.05) is 13.7 Å². The van der Waals surface area contributed by atoms with Gasteiger partial charge in [-0.1, -0.05) is 12.1 Å². The molecule has 7 nitrogen and oxygen atoms in total. The predicted molar refractivity (Wildman–Crippen MR) is 124 cm³/mol. The highest BCUT2D eigenvalue weighted by atomic mass is 32.2. The maximum absolute atomic E-state index is 12.7. The van der Waals surface area contributed by atoms with E-state index < -0.39 is 10.0 Å². The monoisotopic (exact) mass is 458 g/mol. The zero-order valence-corrected chi connectivity index (χ0v) is 19.3. The van der Waals surface area contributed by atoms with Crippen LogP contribution in [0, 0.1) is 0 Å². The number of hydrogen-bond acceptors (Lipinski definition) is 5. The third-order valence-corrected chi connectivity index (χ3v) is 6.92. The van der Waals surface area contributed by atoms with Crippen LogP contribution >= 0.6 is 0 Å². The number of hydrogen-bond donors (Lipinski definition) is 2. The molecule has 8 heteroatoms. The molecule has 1 aliphatic carbocycles. The molecule has 3 rings (SSSR count). The number of carbonyl (C=O) groups is 1. The standard InChI is InChI=1S/C24H30N2O5S/c1-4-15-25-32(28,29)21-12-9-18(10-13-21)24(27)26-17(2)19-11-14-22(23(16-19)30-3)31-20-7-5-6-8-20/h4,9-14,16-17,20,25H,1,5-8,15H2,2-3H3,(H,26,27). The summed E-state index contributed by atoms with van der Waals surface area (Å²) in [5.41, 5.74) is 1.24. The summed E-state index contributed by atoms with van der Waals surface area (Å²) in [5, 5.41) is 2.94. The van der Waals surface area contributed by atoms with Gasteiger partial charge in [-0.25, -0.2) is 13.1 Å². The number of carbonyl (C=O) groups excluding carboxylic acids is 1. The lowest BCUT2D eigenvalue weighted by Gasteiger charge is -2.19. The van der Waals surface area contributed by atoms with Crippen LogP contribution in [0.15, 0.2) is 60.0 Å². The number of methoxy groups -OCH3 is 1. The summed E-state index contributed by atoms with van der Waals surface area (Å²) in [6.45, 7) is 5.50. The quantitative estimate of drug-likeness (QED) is 0.526. The summed E-state index contributed by atoms with van der Waals surface area (Å²) in [4.78, 5) is 12.8. The molecule has 2 N–H and O–H groups in total. The van der Waals surface area contributed by atoms with Crippen LogP contribution in [0.2, 0.25) is 0 Å². The van der Waals surface area contributed by atoms with Crippen molar-refractivity contribution in [1.82, 2.24) is 10.0 Å². The molecule has 0 aliphatic heterocycles. The van der Waals surface area contributed by atoms with Gasteiger partial charge >= 0.3 is 0 Å². The molecule has 2 aromatic rings. The van der Waals surface area contributed by atoms with Crippen LogP contribution < -0.4 is 19.5 Å². The first kappa shape index (κ1) is 23.8. The Kier molecular flexibility index (Phi) is 7.93. The zero-order chi connectivity index (χ0) is 23.1. The summed E-state index contributed by atoms with van der Waals surface area (Å²) < 4.78 is 38.3. The fourth-order valence-electron chi connectivity index (χ4n) is 3.64. The second-order valence-electron chi connectivity index (χ2n) is 7.79. The first-order chi connectivity index (χ1) is 15.3. The lowest BCUT2D eigenvalue weighted by Crippen LogP contribution is -2.27. The maximum atomic E-state index is 12.7. The normalized spacial score (nSPS) is 15.2. The summed E-state index contributed by atoms with van der Waals surface area (Å²) in [7, 11) is -2.03. The van der Waals surface area contributed by atoms with Crippen molar-refractivity contribution in [2.24, 2.45) is 0 Å². The molecule has 1 aliphatic rings. The van der Waals surface area contributed by atoms with Crippen molar-refractivity contribution in [3.05, 3.63) is 66.2 Å². The van der Waals surface area contributed by atoms with Gasteiger partial charge in [0.05, 0.1) is 24.2 Å². The van der Waals surface area contributed by atoms with E-state index in [-0.39, 0.29) is 29.5 Å². The first-order valence-corrected chi connectivity index (χ1v) is 12.2. The van der Waals surface area contributed by atoms with E-state index in [2.05, 4.69) is 16.6 Å². The van der Waals surface area contributed by atoms with Gasteiger partial charge in [0.1, 0.15) is 0 Å². The maximum Gasteiger partial charge on any atom is 0.251 e. The predicted octanol–water partition coefficient (Wildman–Crippen LogP) is 3.97. The number of benzene rings is 2. The molecule has 0 aromatic heterocycles. The number of rotatable bonds is 10. The van der Waals surface area contributed by atoms with E-state index in [1.165, 1.54) is 43.2 Å². The number of ether oxygens (including phenoxy) is 2. The first-order valence-electron chi connectivity index (χ1n) is 10.7. The molecule has 32 heavy (non-hydrogen) atoms. The van der Waals surface area contributed by atoms with Crippen molar-refractivity contribution >= 4 is 15.9 Å². The van der Waals surface area contributed by atoms with Gasteiger partial charge in [0.2, 0.25) is 10.0 Å². The van der Waals surface area contributed by atoms with E-state index in [9.17, 15) is 13.2 Å². The van der Waals surface area contributed by atoms with Crippen LogP contribution in [0.4, 0.5) is 0 Å². The fourth-order valence-corrected chi connectivity index (χ4v) is 4.64. The lowest BCUT2D eigenvalue weighted by atomic mass is 10.1. The Hall–Kier alpha value is -2.84. The third-order valence-electron chi connectivity index (χ3n) is 5.48. The molecule has 1 unspecified atom stereocenters. The average Bonchev–Trinajstić information content (AvgIpc) is 3.31. The SMILES string of the molecule is C=CCNS(=O)(=O)c1ccc(C(=O)NC(C)c2ccc(OC3CCCC3)c(OC)c2)cc1. The molecule has 172 valence electrons. The molecule has 1 atom stereocenters. The average molecular weight is 459 g/mol. The second-order valence-corrected chi connectivity index (χ2v) is 9.56. The molecule has 0 bridgehead atoms. The van der Waals surface area contributed by atoms with Crippen LogP contribution in [0.5, 0.6) is 11.5 Å². The highest BCUT2D eigenvalue weighted by Gasteiger charge is 2.20. The Bertz CT molecular complexity index is 1040. The molecule has 0 saturated heterocycles. The van der Waals surface area contributed by atoms with Gasteiger partial charge in [0.15, 0.2) is 11.5 Å². The summed E-state index contributed by atoms with van der Waals surface area (Å²) in [6, 6.07) is 11.2. The molecule has 0 heterocycles. The van der Waals surface area contributed by atoms with Gasteiger partial charge in [0.25, 0.3) is 5.91 Å². The third kappa shape index (κ3) is 5.89. The summed E-state index contributed by atoms with van der Waals surface area (Å²) in [6.07, 6.45) is 6.18. The van der Waals surface area contributed by atoms with Crippen molar-refractivity contribution in [3.63, 3.8) is 0 Å². The Morgan fingerprint density at radius 1 is 1.16 bits per heavy atom. The van der Waals surface area contributed by atoms with Gasteiger partial charge in [0, 0.05) is 12.1 Å². The molecule has 1 amide bonds. The smallest absolute Gasteiger partial charge is 0.251 e. The fraction of sp³-hybridized carbons (Fsp3) is 0.375. The molecular formula is C24H30N2O5S.